The maximum absolute atomic E-state index is 4.61. The molecule has 0 saturated carbocycles. The van der Waals surface area contributed by atoms with Crippen molar-refractivity contribution in [1.29, 1.82) is 0 Å². The van der Waals surface area contributed by atoms with E-state index in [-0.39, 0.29) is 0 Å². The first-order valence-electron chi connectivity index (χ1n) is 5.53. The second-order valence-electron chi connectivity index (χ2n) is 3.65. The lowest BCUT2D eigenvalue weighted by Gasteiger charge is -2.02. The van der Waals surface area contributed by atoms with Gasteiger partial charge in [-0.25, -0.2) is 4.98 Å². The molecule has 0 aliphatic rings. The van der Waals surface area contributed by atoms with Crippen molar-refractivity contribution in [2.45, 2.75) is 20.4 Å². The van der Waals surface area contributed by atoms with Gasteiger partial charge in [0, 0.05) is 17.0 Å². The summed E-state index contributed by atoms with van der Waals surface area (Å²) in [5, 5.41) is 4.49. The van der Waals surface area contributed by atoms with Gasteiger partial charge in [0.15, 0.2) is 0 Å². The molecule has 2 rings (SSSR count). The molecule has 1 aromatic heterocycles. The van der Waals surface area contributed by atoms with Crippen LogP contribution >= 0.6 is 11.3 Å². The van der Waals surface area contributed by atoms with Crippen molar-refractivity contribution in [3.8, 4) is 11.3 Å². The first-order valence-corrected chi connectivity index (χ1v) is 6.35. The molecule has 1 aromatic carbocycles. The van der Waals surface area contributed by atoms with E-state index in [0.29, 0.717) is 0 Å². The van der Waals surface area contributed by atoms with E-state index >= 15 is 0 Å². The van der Waals surface area contributed by atoms with Crippen molar-refractivity contribution in [3.05, 3.63) is 40.2 Å². The van der Waals surface area contributed by atoms with E-state index in [1.807, 2.05) is 6.07 Å². The third-order valence-corrected chi connectivity index (χ3v) is 3.36. The molecular formula is C13H16N2S. The van der Waals surface area contributed by atoms with Crippen LogP contribution in [0.2, 0.25) is 0 Å². The van der Waals surface area contributed by atoms with Crippen LogP contribution in [0.1, 0.15) is 16.8 Å². The summed E-state index contributed by atoms with van der Waals surface area (Å²) >= 11 is 1.78. The van der Waals surface area contributed by atoms with Crippen LogP contribution in [0.3, 0.4) is 0 Å². The zero-order valence-electron chi connectivity index (χ0n) is 9.66. The Morgan fingerprint density at radius 1 is 1.25 bits per heavy atom. The van der Waals surface area contributed by atoms with Gasteiger partial charge < -0.3 is 5.32 Å². The number of thiazole rings is 1. The first kappa shape index (κ1) is 11.3. The molecule has 0 aliphatic carbocycles. The van der Waals surface area contributed by atoms with Gasteiger partial charge in [-0.15, -0.1) is 11.3 Å². The van der Waals surface area contributed by atoms with Gasteiger partial charge in [-0.2, -0.15) is 0 Å². The van der Waals surface area contributed by atoms with Crippen molar-refractivity contribution in [1.82, 2.24) is 10.3 Å². The number of nitrogens with zero attached hydrogens (tertiary/aromatic N) is 1. The molecule has 1 heterocycles. The van der Waals surface area contributed by atoms with Crippen LogP contribution in [0.25, 0.3) is 11.3 Å². The zero-order chi connectivity index (χ0) is 11.4. The normalized spacial score (nSPS) is 10.6. The molecule has 1 N–H and O–H groups in total. The van der Waals surface area contributed by atoms with Gasteiger partial charge in [-0.3, -0.25) is 0 Å². The van der Waals surface area contributed by atoms with Crippen LogP contribution in [0.4, 0.5) is 0 Å². The molecule has 0 unspecified atom stereocenters. The maximum atomic E-state index is 4.61. The molecule has 3 heteroatoms. The molecule has 0 spiro atoms. The maximum Gasteiger partial charge on any atom is 0.0905 e. The monoisotopic (exact) mass is 232 g/mol. The Kier molecular flexibility index (Phi) is 3.70. The number of rotatable bonds is 4. The standard InChI is InChI=1S/C13H16N2S/c1-3-14-9-12-13(15-10(2)16-12)11-7-5-4-6-8-11/h4-8,14H,3,9H2,1-2H3. The Morgan fingerprint density at radius 3 is 2.69 bits per heavy atom. The highest BCUT2D eigenvalue weighted by Gasteiger charge is 2.09. The van der Waals surface area contributed by atoms with Crippen LogP contribution in [0, 0.1) is 6.92 Å². The van der Waals surface area contributed by atoms with E-state index in [2.05, 4.69) is 48.4 Å². The quantitative estimate of drug-likeness (QED) is 0.875. The van der Waals surface area contributed by atoms with Crippen molar-refractivity contribution < 1.29 is 0 Å². The summed E-state index contributed by atoms with van der Waals surface area (Å²) < 4.78 is 0. The Hall–Kier alpha value is -1.19. The molecular weight excluding hydrogens is 216 g/mol. The highest BCUT2D eigenvalue weighted by molar-refractivity contribution is 7.12. The number of hydrogen-bond acceptors (Lipinski definition) is 3. The van der Waals surface area contributed by atoms with Gasteiger partial charge >= 0.3 is 0 Å². The van der Waals surface area contributed by atoms with E-state index < -0.39 is 0 Å². The Morgan fingerprint density at radius 2 is 2.00 bits per heavy atom. The van der Waals surface area contributed by atoms with Crippen LogP contribution in [0.15, 0.2) is 30.3 Å². The fourth-order valence-electron chi connectivity index (χ4n) is 1.65. The summed E-state index contributed by atoms with van der Waals surface area (Å²) in [6.45, 7) is 6.08. The fourth-order valence-corrected chi connectivity index (χ4v) is 2.58. The number of benzene rings is 1. The predicted octanol–water partition coefficient (Wildman–Crippen LogP) is 3.23. The van der Waals surface area contributed by atoms with Gasteiger partial charge in [-0.1, -0.05) is 37.3 Å². The van der Waals surface area contributed by atoms with E-state index in [1.165, 1.54) is 10.4 Å². The third kappa shape index (κ3) is 2.49. The van der Waals surface area contributed by atoms with Crippen LogP contribution in [-0.2, 0) is 6.54 Å². The largest absolute Gasteiger partial charge is 0.312 e. The molecule has 0 radical (unpaired) electrons. The van der Waals surface area contributed by atoms with Crippen molar-refractivity contribution in [2.24, 2.45) is 0 Å². The van der Waals surface area contributed by atoms with E-state index in [0.717, 1.165) is 23.8 Å². The minimum absolute atomic E-state index is 0.909. The van der Waals surface area contributed by atoms with E-state index in [4.69, 9.17) is 0 Å². The highest BCUT2D eigenvalue weighted by atomic mass is 32.1. The lowest BCUT2D eigenvalue weighted by Crippen LogP contribution is -2.11. The van der Waals surface area contributed by atoms with Gasteiger partial charge in [0.05, 0.1) is 10.7 Å². The number of aromatic nitrogens is 1. The lowest BCUT2D eigenvalue weighted by atomic mass is 10.1. The van der Waals surface area contributed by atoms with Crippen molar-refractivity contribution >= 4 is 11.3 Å². The van der Waals surface area contributed by atoms with Crippen LogP contribution < -0.4 is 5.32 Å². The molecule has 0 saturated heterocycles. The molecule has 0 atom stereocenters. The predicted molar refractivity (Wildman–Crippen MR) is 69.7 cm³/mol. The topological polar surface area (TPSA) is 24.9 Å². The molecule has 0 amide bonds. The summed E-state index contributed by atoms with van der Waals surface area (Å²) in [6, 6.07) is 10.4. The van der Waals surface area contributed by atoms with Crippen molar-refractivity contribution in [3.63, 3.8) is 0 Å². The minimum atomic E-state index is 0.909. The Labute approximate surface area is 100 Å². The van der Waals surface area contributed by atoms with Gasteiger partial charge in [0.25, 0.3) is 0 Å². The SMILES string of the molecule is CCNCc1sc(C)nc1-c1ccccc1. The second kappa shape index (κ2) is 5.23. The minimum Gasteiger partial charge on any atom is -0.312 e. The molecule has 0 bridgehead atoms. The van der Waals surface area contributed by atoms with Gasteiger partial charge in [0.2, 0.25) is 0 Å². The second-order valence-corrected chi connectivity index (χ2v) is 4.94. The Bertz CT molecular complexity index is 448. The zero-order valence-corrected chi connectivity index (χ0v) is 10.5. The van der Waals surface area contributed by atoms with Crippen LogP contribution in [-0.4, -0.2) is 11.5 Å². The Balaban J connectivity index is 2.33. The van der Waals surface area contributed by atoms with Crippen LogP contribution in [0.5, 0.6) is 0 Å². The average molecular weight is 232 g/mol. The first-order chi connectivity index (χ1) is 7.81. The van der Waals surface area contributed by atoms with Gasteiger partial charge in [-0.05, 0) is 13.5 Å². The van der Waals surface area contributed by atoms with E-state index in [9.17, 15) is 0 Å². The average Bonchev–Trinajstić information content (AvgIpc) is 2.69. The summed E-state index contributed by atoms with van der Waals surface area (Å²) in [6.07, 6.45) is 0. The molecule has 2 nitrogen and oxygen atoms in total. The lowest BCUT2D eigenvalue weighted by molar-refractivity contribution is 0.735. The summed E-state index contributed by atoms with van der Waals surface area (Å²) in [5.41, 5.74) is 2.34. The fraction of sp³-hybridized carbons (Fsp3) is 0.308. The summed E-state index contributed by atoms with van der Waals surface area (Å²) in [4.78, 5) is 5.94. The molecule has 0 aliphatic heterocycles. The van der Waals surface area contributed by atoms with Gasteiger partial charge in [0.1, 0.15) is 0 Å². The smallest absolute Gasteiger partial charge is 0.0905 e. The van der Waals surface area contributed by atoms with E-state index in [1.54, 1.807) is 11.3 Å². The summed E-state index contributed by atoms with van der Waals surface area (Å²) in [5.74, 6) is 0. The molecule has 16 heavy (non-hydrogen) atoms. The van der Waals surface area contributed by atoms with Crippen molar-refractivity contribution in [2.75, 3.05) is 6.54 Å². The molecule has 0 fully saturated rings. The molecule has 2 aromatic rings. The number of aryl methyl sites for hydroxylation is 1. The molecule has 84 valence electrons. The number of nitrogens with one attached hydrogen (secondary N) is 1. The third-order valence-electron chi connectivity index (χ3n) is 2.39. The summed E-state index contributed by atoms with van der Waals surface area (Å²) in [7, 11) is 0. The highest BCUT2D eigenvalue weighted by Crippen LogP contribution is 2.27. The number of hydrogen-bond donors (Lipinski definition) is 1.